The Morgan fingerprint density at radius 2 is 1.52 bits per heavy atom. The molecule has 0 atom stereocenters. The Morgan fingerprint density at radius 1 is 0.818 bits per heavy atom. The number of para-hydroxylation sites is 1. The van der Waals surface area contributed by atoms with Crippen molar-refractivity contribution in [2.24, 2.45) is 0 Å². The van der Waals surface area contributed by atoms with E-state index in [4.69, 9.17) is 9.47 Å². The molecular weight excluding hydrogens is 418 g/mol. The Hall–Kier alpha value is -3.65. The van der Waals surface area contributed by atoms with Crippen LogP contribution in [0.1, 0.15) is 10.4 Å². The molecule has 8 heteroatoms. The molecular formula is C25H27N5O3. The van der Waals surface area contributed by atoms with Gasteiger partial charge in [0.1, 0.15) is 11.5 Å². The van der Waals surface area contributed by atoms with Crippen molar-refractivity contribution >= 4 is 17.4 Å². The van der Waals surface area contributed by atoms with Gasteiger partial charge in [0, 0.05) is 50.9 Å². The van der Waals surface area contributed by atoms with Gasteiger partial charge in [-0.15, -0.1) is 5.10 Å². The van der Waals surface area contributed by atoms with Gasteiger partial charge in [0.05, 0.1) is 25.1 Å². The highest BCUT2D eigenvalue weighted by atomic mass is 16.5. The summed E-state index contributed by atoms with van der Waals surface area (Å²) in [5.74, 6) is 2.37. The molecule has 0 aliphatic carbocycles. The summed E-state index contributed by atoms with van der Waals surface area (Å²) >= 11 is 0. The molecule has 0 radical (unpaired) electrons. The van der Waals surface area contributed by atoms with Gasteiger partial charge in [0.2, 0.25) is 0 Å². The predicted octanol–water partition coefficient (Wildman–Crippen LogP) is 3.07. The number of piperazine rings is 1. The van der Waals surface area contributed by atoms with Crippen LogP contribution in [0.2, 0.25) is 0 Å². The van der Waals surface area contributed by atoms with E-state index < -0.39 is 0 Å². The number of morpholine rings is 1. The minimum Gasteiger partial charge on any atom is -0.457 e. The third-order valence-corrected chi connectivity index (χ3v) is 5.97. The Labute approximate surface area is 193 Å². The van der Waals surface area contributed by atoms with Crippen LogP contribution in [-0.4, -0.2) is 73.5 Å². The number of amides is 1. The zero-order valence-corrected chi connectivity index (χ0v) is 18.5. The highest BCUT2D eigenvalue weighted by Crippen LogP contribution is 2.23. The van der Waals surface area contributed by atoms with Crippen molar-refractivity contribution in [1.82, 2.24) is 15.1 Å². The molecule has 2 saturated heterocycles. The van der Waals surface area contributed by atoms with Gasteiger partial charge in [-0.05, 0) is 36.4 Å². The fourth-order valence-corrected chi connectivity index (χ4v) is 4.11. The van der Waals surface area contributed by atoms with Crippen LogP contribution in [0.25, 0.3) is 0 Å². The highest BCUT2D eigenvalue weighted by Gasteiger charge is 2.24. The molecule has 2 aliphatic rings. The summed E-state index contributed by atoms with van der Waals surface area (Å²) in [6.45, 7) is 5.93. The molecule has 0 bridgehead atoms. The Kier molecular flexibility index (Phi) is 6.34. The molecule has 0 unspecified atom stereocenters. The second-order valence-corrected chi connectivity index (χ2v) is 8.09. The van der Waals surface area contributed by atoms with Gasteiger partial charge in [0.25, 0.3) is 5.91 Å². The molecule has 5 rings (SSSR count). The Bertz CT molecular complexity index is 1060. The van der Waals surface area contributed by atoms with Crippen molar-refractivity contribution in [2.75, 3.05) is 62.3 Å². The number of anilines is 2. The largest absolute Gasteiger partial charge is 0.457 e. The van der Waals surface area contributed by atoms with Gasteiger partial charge >= 0.3 is 0 Å². The van der Waals surface area contributed by atoms with Crippen LogP contribution in [-0.2, 0) is 4.74 Å². The van der Waals surface area contributed by atoms with Crippen LogP contribution in [0.4, 0.5) is 11.5 Å². The zero-order valence-electron chi connectivity index (χ0n) is 18.5. The first-order valence-electron chi connectivity index (χ1n) is 11.3. The number of ether oxygens (including phenoxy) is 2. The van der Waals surface area contributed by atoms with Crippen LogP contribution in [0.15, 0.2) is 66.9 Å². The second-order valence-electron chi connectivity index (χ2n) is 8.09. The van der Waals surface area contributed by atoms with Crippen molar-refractivity contribution in [3.8, 4) is 11.5 Å². The lowest BCUT2D eigenvalue weighted by atomic mass is 10.1. The molecule has 170 valence electrons. The SMILES string of the molecule is O=C(c1ccc(Oc2ccccc2)cc1)N1CCN(c2cc(N3CCOCC3)cnn2)CC1. The summed E-state index contributed by atoms with van der Waals surface area (Å²) in [6.07, 6.45) is 1.81. The minimum atomic E-state index is 0.0362. The molecule has 0 spiro atoms. The molecule has 1 amide bonds. The van der Waals surface area contributed by atoms with Crippen molar-refractivity contribution < 1.29 is 14.3 Å². The summed E-state index contributed by atoms with van der Waals surface area (Å²) in [6, 6.07) is 19.0. The number of carbonyl (C=O) groups excluding carboxylic acids is 1. The van der Waals surface area contributed by atoms with Crippen molar-refractivity contribution in [2.45, 2.75) is 0 Å². The number of hydrogen-bond acceptors (Lipinski definition) is 7. The first-order valence-corrected chi connectivity index (χ1v) is 11.3. The quantitative estimate of drug-likeness (QED) is 0.598. The van der Waals surface area contributed by atoms with Crippen LogP contribution in [0.5, 0.6) is 11.5 Å². The van der Waals surface area contributed by atoms with E-state index in [1.54, 1.807) is 6.20 Å². The molecule has 8 nitrogen and oxygen atoms in total. The fraction of sp³-hybridized carbons (Fsp3) is 0.320. The Morgan fingerprint density at radius 3 is 2.24 bits per heavy atom. The van der Waals surface area contributed by atoms with E-state index in [9.17, 15) is 4.79 Å². The molecule has 0 saturated carbocycles. The van der Waals surface area contributed by atoms with E-state index >= 15 is 0 Å². The Balaban J connectivity index is 1.17. The van der Waals surface area contributed by atoms with Crippen molar-refractivity contribution in [3.05, 3.63) is 72.4 Å². The normalized spacial score (nSPS) is 16.5. The molecule has 3 heterocycles. The minimum absolute atomic E-state index is 0.0362. The summed E-state index contributed by atoms with van der Waals surface area (Å²) in [5.41, 5.74) is 1.73. The summed E-state index contributed by atoms with van der Waals surface area (Å²) in [7, 11) is 0. The number of hydrogen-bond donors (Lipinski definition) is 0. The van der Waals surface area contributed by atoms with Gasteiger partial charge in [-0.3, -0.25) is 4.79 Å². The van der Waals surface area contributed by atoms with E-state index in [-0.39, 0.29) is 5.91 Å². The maximum Gasteiger partial charge on any atom is 0.253 e. The number of carbonyl (C=O) groups is 1. The van der Waals surface area contributed by atoms with E-state index in [1.165, 1.54) is 0 Å². The average molecular weight is 446 g/mol. The molecule has 3 aromatic rings. The molecule has 1 aromatic heterocycles. The van der Waals surface area contributed by atoms with Gasteiger partial charge in [-0.2, -0.15) is 5.10 Å². The van der Waals surface area contributed by atoms with E-state index in [1.807, 2.05) is 59.5 Å². The highest BCUT2D eigenvalue weighted by molar-refractivity contribution is 5.94. The smallest absolute Gasteiger partial charge is 0.253 e. The van der Waals surface area contributed by atoms with Crippen molar-refractivity contribution in [1.29, 1.82) is 0 Å². The van der Waals surface area contributed by atoms with Crippen LogP contribution >= 0.6 is 0 Å². The fourth-order valence-electron chi connectivity index (χ4n) is 4.11. The third-order valence-electron chi connectivity index (χ3n) is 5.97. The van der Waals surface area contributed by atoms with E-state index in [0.29, 0.717) is 24.4 Å². The monoisotopic (exact) mass is 445 g/mol. The molecule has 2 aliphatic heterocycles. The number of nitrogens with zero attached hydrogens (tertiary/aromatic N) is 5. The average Bonchev–Trinajstić information content (AvgIpc) is 2.90. The molecule has 2 fully saturated rings. The maximum absolute atomic E-state index is 13.0. The van der Waals surface area contributed by atoms with Crippen LogP contribution in [0.3, 0.4) is 0 Å². The van der Waals surface area contributed by atoms with Crippen molar-refractivity contribution in [3.63, 3.8) is 0 Å². The number of aromatic nitrogens is 2. The topological polar surface area (TPSA) is 71.0 Å². The van der Waals surface area contributed by atoms with Crippen LogP contribution < -0.4 is 14.5 Å². The summed E-state index contributed by atoms with van der Waals surface area (Å²) < 4.78 is 11.3. The van der Waals surface area contributed by atoms with E-state index in [2.05, 4.69) is 26.1 Å². The third kappa shape index (κ3) is 5.06. The zero-order chi connectivity index (χ0) is 22.5. The first-order chi connectivity index (χ1) is 16.3. The number of benzene rings is 2. The summed E-state index contributed by atoms with van der Waals surface area (Å²) in [5, 5.41) is 8.54. The molecule has 2 aromatic carbocycles. The lowest BCUT2D eigenvalue weighted by Crippen LogP contribution is -2.49. The first kappa shape index (κ1) is 21.2. The standard InChI is InChI=1S/C25H27N5O3/c31-25(20-6-8-23(9-7-20)33-22-4-2-1-3-5-22)30-12-10-29(11-13-30)24-18-21(19-26-27-24)28-14-16-32-17-15-28/h1-9,18-19H,10-17H2. The predicted molar refractivity (Wildman–Crippen MR) is 126 cm³/mol. The lowest BCUT2D eigenvalue weighted by molar-refractivity contribution is 0.0746. The molecule has 0 N–H and O–H groups in total. The van der Waals surface area contributed by atoms with Gasteiger partial charge in [-0.25, -0.2) is 0 Å². The van der Waals surface area contributed by atoms with Gasteiger partial charge in [0.15, 0.2) is 5.82 Å². The lowest BCUT2D eigenvalue weighted by Gasteiger charge is -2.36. The second kappa shape index (κ2) is 9.87. The maximum atomic E-state index is 13.0. The number of rotatable bonds is 5. The van der Waals surface area contributed by atoms with Crippen LogP contribution in [0, 0.1) is 0 Å². The van der Waals surface area contributed by atoms with Gasteiger partial charge in [-0.1, -0.05) is 18.2 Å². The van der Waals surface area contributed by atoms with E-state index in [0.717, 1.165) is 56.6 Å². The summed E-state index contributed by atoms with van der Waals surface area (Å²) in [4.78, 5) is 19.3. The molecule has 33 heavy (non-hydrogen) atoms. The van der Waals surface area contributed by atoms with Gasteiger partial charge < -0.3 is 24.2 Å².